The highest BCUT2D eigenvalue weighted by Gasteiger charge is 2.47. The number of fused-ring (bicyclic) bond motifs is 1. The van der Waals surface area contributed by atoms with Gasteiger partial charge in [-0.25, -0.2) is 19.7 Å². The molecule has 0 bridgehead atoms. The highest BCUT2D eigenvalue weighted by Crippen LogP contribution is 2.41. The number of aliphatic hydroxyl groups excluding tert-OH is 2. The molecule has 194 valence electrons. The second-order valence-electron chi connectivity index (χ2n) is 10.2. The fourth-order valence-corrected chi connectivity index (χ4v) is 4.57. The third-order valence-corrected chi connectivity index (χ3v) is 6.72. The van der Waals surface area contributed by atoms with Crippen LogP contribution in [0.25, 0.3) is 11.2 Å². The van der Waals surface area contributed by atoms with Gasteiger partial charge in [-0.05, 0) is 12.8 Å². The van der Waals surface area contributed by atoms with Gasteiger partial charge in [0.1, 0.15) is 24.6 Å². The van der Waals surface area contributed by atoms with Crippen LogP contribution < -0.4 is 5.32 Å². The number of ether oxygens (including phenoxy) is 2. The monoisotopic (exact) mass is 501 g/mol. The van der Waals surface area contributed by atoms with Crippen molar-refractivity contribution in [1.29, 1.82) is 0 Å². The first-order chi connectivity index (χ1) is 17.2. The Morgan fingerprint density at radius 1 is 1.17 bits per heavy atom. The Morgan fingerprint density at radius 2 is 1.92 bits per heavy atom. The predicted octanol–water partition coefficient (Wildman–Crippen LogP) is 1.75. The molecule has 5 heterocycles. The van der Waals surface area contributed by atoms with Gasteiger partial charge in [0.25, 0.3) is 0 Å². The van der Waals surface area contributed by atoms with Crippen LogP contribution in [0.1, 0.15) is 57.4 Å². The van der Waals surface area contributed by atoms with Crippen LogP contribution in [0, 0.1) is 0 Å². The number of carbonyl (C=O) groups is 1. The number of rotatable bonds is 4. The lowest BCUT2D eigenvalue weighted by Gasteiger charge is -2.31. The van der Waals surface area contributed by atoms with Crippen LogP contribution in [0.3, 0.4) is 0 Å². The normalized spacial score (nSPS) is 25.4. The number of amides is 1. The van der Waals surface area contributed by atoms with E-state index >= 15 is 0 Å². The molecule has 4 atom stereocenters. The topological polar surface area (TPSA) is 161 Å². The van der Waals surface area contributed by atoms with Gasteiger partial charge in [0.2, 0.25) is 0 Å². The Labute approximate surface area is 207 Å². The van der Waals surface area contributed by atoms with Crippen LogP contribution in [0.4, 0.5) is 10.6 Å². The smallest absolute Gasteiger partial charge is 0.409 e. The van der Waals surface area contributed by atoms with E-state index in [-0.39, 0.29) is 17.6 Å². The Morgan fingerprint density at radius 3 is 2.58 bits per heavy atom. The van der Waals surface area contributed by atoms with Gasteiger partial charge < -0.3 is 34.4 Å². The molecule has 1 amide bonds. The van der Waals surface area contributed by atoms with Crippen molar-refractivity contribution >= 4 is 23.1 Å². The van der Waals surface area contributed by atoms with Crippen molar-refractivity contribution in [2.75, 3.05) is 25.5 Å². The molecule has 2 aliphatic heterocycles. The fourth-order valence-electron chi connectivity index (χ4n) is 4.57. The molecule has 0 aromatic carbocycles. The molecule has 2 fully saturated rings. The van der Waals surface area contributed by atoms with Gasteiger partial charge in [-0.3, -0.25) is 4.57 Å². The fraction of sp³-hybridized carbons (Fsp3) is 0.609. The first kappa shape index (κ1) is 24.4. The van der Waals surface area contributed by atoms with Crippen LogP contribution in [0.2, 0.25) is 0 Å². The molecule has 2 saturated heterocycles. The maximum absolute atomic E-state index is 11.7. The van der Waals surface area contributed by atoms with E-state index < -0.39 is 24.5 Å². The van der Waals surface area contributed by atoms with Crippen molar-refractivity contribution in [2.45, 2.75) is 69.6 Å². The molecule has 0 aliphatic carbocycles. The number of carbonyl (C=O) groups excluding carboxylic acids is 1. The number of nitrogens with one attached hydrogen (secondary N) is 1. The van der Waals surface area contributed by atoms with E-state index in [0.29, 0.717) is 35.8 Å². The van der Waals surface area contributed by atoms with Crippen molar-refractivity contribution in [3.63, 3.8) is 0 Å². The van der Waals surface area contributed by atoms with Gasteiger partial charge in [0.05, 0.1) is 19.1 Å². The third-order valence-electron chi connectivity index (χ3n) is 6.72. The summed E-state index contributed by atoms with van der Waals surface area (Å²) in [5.74, 6) is 0.888. The number of aromatic nitrogens is 5. The minimum absolute atomic E-state index is 0.0946. The lowest BCUT2D eigenvalue weighted by atomic mass is 9.92. The summed E-state index contributed by atoms with van der Waals surface area (Å²) in [6.45, 7) is 7.16. The van der Waals surface area contributed by atoms with E-state index in [1.807, 2.05) is 20.8 Å². The summed E-state index contributed by atoms with van der Waals surface area (Å²) in [7, 11) is 1.38. The van der Waals surface area contributed by atoms with Crippen molar-refractivity contribution in [2.24, 2.45) is 0 Å². The summed E-state index contributed by atoms with van der Waals surface area (Å²) in [6.07, 6.45) is -0.262. The number of imidazole rings is 1. The van der Waals surface area contributed by atoms with Crippen molar-refractivity contribution < 1.29 is 29.0 Å². The molecule has 13 heteroatoms. The van der Waals surface area contributed by atoms with Crippen LogP contribution in [-0.2, 0) is 14.9 Å². The Hall–Kier alpha value is -3.29. The van der Waals surface area contributed by atoms with E-state index in [0.717, 1.165) is 18.5 Å². The molecule has 0 unspecified atom stereocenters. The summed E-state index contributed by atoms with van der Waals surface area (Å²) in [6, 6.07) is 1.84. The Kier molecular flexibility index (Phi) is 6.30. The van der Waals surface area contributed by atoms with Crippen LogP contribution >= 0.6 is 0 Å². The molecule has 3 aromatic rings. The number of methoxy groups -OCH3 is 1. The van der Waals surface area contributed by atoms with Gasteiger partial charge in [-0.1, -0.05) is 25.9 Å². The highest BCUT2D eigenvalue weighted by atomic mass is 16.6. The second-order valence-corrected chi connectivity index (χ2v) is 10.2. The molecule has 3 N–H and O–H groups in total. The van der Waals surface area contributed by atoms with Gasteiger partial charge in [0.15, 0.2) is 29.0 Å². The van der Waals surface area contributed by atoms with E-state index in [2.05, 4.69) is 25.4 Å². The largest absolute Gasteiger partial charge is 0.453 e. The molecule has 5 rings (SSSR count). The molecular weight excluding hydrogens is 470 g/mol. The lowest BCUT2D eigenvalue weighted by Crippen LogP contribution is -2.42. The highest BCUT2D eigenvalue weighted by molar-refractivity contribution is 5.82. The molecule has 13 nitrogen and oxygen atoms in total. The molecule has 0 radical (unpaired) electrons. The van der Waals surface area contributed by atoms with Crippen molar-refractivity contribution in [1.82, 2.24) is 29.6 Å². The van der Waals surface area contributed by atoms with Crippen molar-refractivity contribution in [3.8, 4) is 0 Å². The zero-order valence-electron chi connectivity index (χ0n) is 20.7. The molecule has 0 spiro atoms. The number of nitrogens with zero attached hydrogens (tertiary/aromatic N) is 6. The number of likely N-dealkylation sites (tertiary alicyclic amines) is 1. The Bertz CT molecular complexity index is 1230. The third kappa shape index (κ3) is 4.38. The number of hydrogen-bond acceptors (Lipinski definition) is 11. The first-order valence-corrected chi connectivity index (χ1v) is 11.9. The van der Waals surface area contributed by atoms with Gasteiger partial charge in [0, 0.05) is 30.6 Å². The quantitative estimate of drug-likeness (QED) is 0.477. The molecule has 3 aromatic heterocycles. The maximum atomic E-state index is 11.7. The lowest BCUT2D eigenvalue weighted by molar-refractivity contribution is -0.0434. The minimum atomic E-state index is -1.25. The van der Waals surface area contributed by atoms with Gasteiger partial charge in [-0.2, -0.15) is 0 Å². The molecule has 36 heavy (non-hydrogen) atoms. The van der Waals surface area contributed by atoms with E-state index in [9.17, 15) is 15.0 Å². The predicted molar refractivity (Wildman–Crippen MR) is 126 cm³/mol. The van der Waals surface area contributed by atoms with Crippen LogP contribution in [0.15, 0.2) is 23.2 Å². The SMILES string of the molecule is COC(=O)N1CCC(Nc2ncnc3c2ncn3[C@@H]2O[C@H](c3cc(C(C)(C)C)no3)[C@@H](O)[C@H]2O)CC1. The summed E-state index contributed by atoms with van der Waals surface area (Å²) in [4.78, 5) is 26.6. The standard InChI is InChI=1S/C23H31N7O6/c1-23(2,3)14-9-13(36-28-14)18-16(31)17(32)21(35-18)30-11-26-15-19(24-10-25-20(15)30)27-12-5-7-29(8-6-12)22(33)34-4/h9-12,16-18,21,31-32H,5-8H2,1-4H3,(H,24,25,27)/t16-,17+,18+,21+/m0/s1. The number of piperidine rings is 1. The second kappa shape index (κ2) is 9.30. The van der Waals surface area contributed by atoms with Crippen LogP contribution in [0.5, 0.6) is 0 Å². The summed E-state index contributed by atoms with van der Waals surface area (Å²) in [5, 5.41) is 29.0. The summed E-state index contributed by atoms with van der Waals surface area (Å²) < 4.78 is 17.9. The van der Waals surface area contributed by atoms with Gasteiger partial charge >= 0.3 is 6.09 Å². The molecular formula is C23H31N7O6. The summed E-state index contributed by atoms with van der Waals surface area (Å²) in [5.41, 5.74) is 1.45. The number of hydrogen-bond donors (Lipinski definition) is 3. The maximum Gasteiger partial charge on any atom is 0.409 e. The summed E-state index contributed by atoms with van der Waals surface area (Å²) >= 11 is 0. The first-order valence-electron chi connectivity index (χ1n) is 11.9. The zero-order chi connectivity index (χ0) is 25.6. The zero-order valence-corrected chi connectivity index (χ0v) is 20.7. The average molecular weight is 502 g/mol. The minimum Gasteiger partial charge on any atom is -0.453 e. The van der Waals surface area contributed by atoms with E-state index in [4.69, 9.17) is 14.0 Å². The number of aliphatic hydroxyl groups is 2. The van der Waals surface area contributed by atoms with E-state index in [1.54, 1.807) is 15.5 Å². The average Bonchev–Trinajstić information content (AvgIpc) is 3.58. The van der Waals surface area contributed by atoms with Gasteiger partial charge in [-0.15, -0.1) is 0 Å². The van der Waals surface area contributed by atoms with Crippen LogP contribution in [-0.4, -0.2) is 84.3 Å². The molecule has 0 saturated carbocycles. The number of anilines is 1. The molecule has 2 aliphatic rings. The Balaban J connectivity index is 1.34. The van der Waals surface area contributed by atoms with Crippen molar-refractivity contribution in [3.05, 3.63) is 30.2 Å². The van der Waals surface area contributed by atoms with E-state index in [1.165, 1.54) is 19.8 Å².